The fraction of sp³-hybridized carbons (Fsp3) is 0.471. The summed E-state index contributed by atoms with van der Waals surface area (Å²) in [6.07, 6.45) is 4.20. The summed E-state index contributed by atoms with van der Waals surface area (Å²) < 4.78 is 7.47. The number of likely N-dealkylation sites (N-methyl/N-ethyl adjacent to an activating group) is 1. The van der Waals surface area contributed by atoms with Gasteiger partial charge >= 0.3 is 0 Å². The number of ether oxygens (including phenoxy) is 1. The molecule has 1 fully saturated rings. The van der Waals surface area contributed by atoms with Gasteiger partial charge in [-0.15, -0.1) is 0 Å². The molecule has 0 spiro atoms. The van der Waals surface area contributed by atoms with Gasteiger partial charge in [-0.2, -0.15) is 5.10 Å². The van der Waals surface area contributed by atoms with Gasteiger partial charge in [0.25, 0.3) is 0 Å². The molecule has 1 aliphatic carbocycles. The Hall–Kier alpha value is -1.81. The highest BCUT2D eigenvalue weighted by molar-refractivity contribution is 5.40. The maximum Gasteiger partial charge on any atom is 0.161 e. The summed E-state index contributed by atoms with van der Waals surface area (Å²) in [7, 11) is 3.70. The van der Waals surface area contributed by atoms with E-state index < -0.39 is 0 Å². The Labute approximate surface area is 126 Å². The van der Waals surface area contributed by atoms with E-state index in [1.165, 1.54) is 18.4 Å². The number of benzene rings is 1. The van der Waals surface area contributed by atoms with E-state index in [2.05, 4.69) is 47.7 Å². The Morgan fingerprint density at radius 1 is 1.33 bits per heavy atom. The van der Waals surface area contributed by atoms with Gasteiger partial charge in [0.2, 0.25) is 0 Å². The van der Waals surface area contributed by atoms with Crippen LogP contribution < -0.4 is 10.1 Å². The quantitative estimate of drug-likeness (QED) is 0.887. The molecule has 3 rings (SSSR count). The number of hydrogen-bond acceptors (Lipinski definition) is 3. The largest absolute Gasteiger partial charge is 0.493 e. The Balaban J connectivity index is 2.05. The van der Waals surface area contributed by atoms with Gasteiger partial charge in [-0.3, -0.25) is 4.68 Å². The third-order valence-corrected chi connectivity index (χ3v) is 4.54. The average molecular weight is 285 g/mol. The summed E-state index contributed by atoms with van der Waals surface area (Å²) in [5.74, 6) is 0.866. The van der Waals surface area contributed by atoms with Crippen LogP contribution in [0.3, 0.4) is 0 Å². The minimum atomic E-state index is 0.165. The number of aromatic nitrogens is 2. The molecule has 112 valence electrons. The lowest BCUT2D eigenvalue weighted by Gasteiger charge is -2.29. The summed E-state index contributed by atoms with van der Waals surface area (Å²) in [4.78, 5) is 0. The van der Waals surface area contributed by atoms with Crippen molar-refractivity contribution in [3.63, 3.8) is 0 Å². The van der Waals surface area contributed by atoms with Crippen molar-refractivity contribution in [2.75, 3.05) is 13.7 Å². The van der Waals surface area contributed by atoms with Crippen molar-refractivity contribution < 1.29 is 4.74 Å². The molecular formula is C17H23N3O. The summed E-state index contributed by atoms with van der Waals surface area (Å²) >= 11 is 0. The van der Waals surface area contributed by atoms with Crippen LogP contribution in [0.15, 0.2) is 36.5 Å². The van der Waals surface area contributed by atoms with Crippen LogP contribution in [-0.4, -0.2) is 23.4 Å². The summed E-state index contributed by atoms with van der Waals surface area (Å²) in [5, 5.41) is 8.04. The van der Waals surface area contributed by atoms with Gasteiger partial charge in [0, 0.05) is 12.5 Å². The van der Waals surface area contributed by atoms with Gasteiger partial charge in [-0.25, -0.2) is 0 Å². The Kier molecular flexibility index (Phi) is 3.72. The van der Waals surface area contributed by atoms with Crippen LogP contribution in [0.1, 0.15) is 37.1 Å². The Bertz CT molecular complexity index is 602. The average Bonchev–Trinajstić information content (AvgIpc) is 3.24. The fourth-order valence-corrected chi connectivity index (χ4v) is 3.32. The number of nitrogens with zero attached hydrogens (tertiary/aromatic N) is 2. The van der Waals surface area contributed by atoms with E-state index in [4.69, 9.17) is 4.74 Å². The van der Waals surface area contributed by atoms with Gasteiger partial charge < -0.3 is 10.1 Å². The molecule has 1 N–H and O–H groups in total. The predicted molar refractivity (Wildman–Crippen MR) is 83.5 cm³/mol. The highest BCUT2D eigenvalue weighted by Crippen LogP contribution is 2.57. The topological polar surface area (TPSA) is 39.1 Å². The lowest BCUT2D eigenvalue weighted by atomic mass is 9.85. The van der Waals surface area contributed by atoms with E-state index in [1.807, 2.05) is 11.7 Å². The molecule has 1 heterocycles. The second-order valence-electron chi connectivity index (χ2n) is 5.73. The summed E-state index contributed by atoms with van der Waals surface area (Å²) in [6.45, 7) is 3.07. The van der Waals surface area contributed by atoms with Crippen LogP contribution in [0.5, 0.6) is 5.75 Å². The van der Waals surface area contributed by atoms with E-state index in [-0.39, 0.29) is 11.5 Å². The van der Waals surface area contributed by atoms with Crippen molar-refractivity contribution >= 4 is 0 Å². The van der Waals surface area contributed by atoms with Crippen LogP contribution in [-0.2, 0) is 12.5 Å². The van der Waals surface area contributed by atoms with Crippen molar-refractivity contribution in [1.82, 2.24) is 15.1 Å². The molecular weight excluding hydrogens is 262 g/mol. The second kappa shape index (κ2) is 5.53. The summed E-state index contributed by atoms with van der Waals surface area (Å²) in [6, 6.07) is 11.0. The first-order chi connectivity index (χ1) is 10.2. The smallest absolute Gasteiger partial charge is 0.161 e. The van der Waals surface area contributed by atoms with Crippen LogP contribution >= 0.6 is 0 Å². The minimum absolute atomic E-state index is 0.165. The fourth-order valence-electron chi connectivity index (χ4n) is 3.32. The van der Waals surface area contributed by atoms with Crippen molar-refractivity contribution in [3.8, 4) is 5.75 Å². The molecule has 0 radical (unpaired) electrons. The molecule has 1 saturated carbocycles. The zero-order valence-corrected chi connectivity index (χ0v) is 13.0. The van der Waals surface area contributed by atoms with E-state index >= 15 is 0 Å². The monoisotopic (exact) mass is 285 g/mol. The molecule has 4 nitrogen and oxygen atoms in total. The Morgan fingerprint density at radius 3 is 2.62 bits per heavy atom. The lowest BCUT2D eigenvalue weighted by Crippen LogP contribution is -2.34. The van der Waals surface area contributed by atoms with Gasteiger partial charge in [-0.1, -0.05) is 37.3 Å². The predicted octanol–water partition coefficient (Wildman–Crippen LogP) is 2.81. The third kappa shape index (κ3) is 2.33. The zero-order chi connectivity index (χ0) is 14.9. The standard InChI is InChI=1S/C17H23N3O/c1-4-18-16(15-14(21-3)12-19-20(15)2)17(10-11-17)13-8-6-5-7-9-13/h5-9,12,16,18H,4,10-11H2,1-3H3. The number of nitrogens with one attached hydrogen (secondary N) is 1. The normalized spacial score (nSPS) is 17.5. The molecule has 2 aromatic rings. The van der Waals surface area contributed by atoms with Crippen LogP contribution in [0.25, 0.3) is 0 Å². The molecule has 1 aromatic heterocycles. The van der Waals surface area contributed by atoms with E-state index in [0.717, 1.165) is 18.0 Å². The van der Waals surface area contributed by atoms with E-state index in [1.54, 1.807) is 13.3 Å². The number of rotatable bonds is 6. The third-order valence-electron chi connectivity index (χ3n) is 4.54. The molecule has 1 atom stereocenters. The molecule has 1 aromatic carbocycles. The highest BCUT2D eigenvalue weighted by Gasteiger charge is 2.52. The first-order valence-electron chi connectivity index (χ1n) is 7.57. The van der Waals surface area contributed by atoms with Crippen LogP contribution in [0, 0.1) is 0 Å². The second-order valence-corrected chi connectivity index (χ2v) is 5.73. The van der Waals surface area contributed by atoms with Crippen LogP contribution in [0.2, 0.25) is 0 Å². The zero-order valence-electron chi connectivity index (χ0n) is 13.0. The molecule has 4 heteroatoms. The van der Waals surface area contributed by atoms with Crippen molar-refractivity contribution in [2.45, 2.75) is 31.2 Å². The van der Waals surface area contributed by atoms with Crippen LogP contribution in [0.4, 0.5) is 0 Å². The first kappa shape index (κ1) is 14.1. The highest BCUT2D eigenvalue weighted by atomic mass is 16.5. The minimum Gasteiger partial charge on any atom is -0.493 e. The maximum atomic E-state index is 5.53. The Morgan fingerprint density at radius 2 is 2.05 bits per heavy atom. The SMILES string of the molecule is CCNC(c1c(OC)cnn1C)C1(c2ccccc2)CC1. The van der Waals surface area contributed by atoms with Crippen molar-refractivity contribution in [3.05, 3.63) is 47.8 Å². The lowest BCUT2D eigenvalue weighted by molar-refractivity contribution is 0.369. The molecule has 0 aliphatic heterocycles. The van der Waals surface area contributed by atoms with Gasteiger partial charge in [0.05, 0.1) is 25.0 Å². The molecule has 0 amide bonds. The molecule has 21 heavy (non-hydrogen) atoms. The van der Waals surface area contributed by atoms with E-state index in [0.29, 0.717) is 0 Å². The van der Waals surface area contributed by atoms with Crippen molar-refractivity contribution in [2.24, 2.45) is 7.05 Å². The number of aryl methyl sites for hydroxylation is 1. The van der Waals surface area contributed by atoms with Crippen molar-refractivity contribution in [1.29, 1.82) is 0 Å². The number of methoxy groups -OCH3 is 1. The molecule has 0 bridgehead atoms. The van der Waals surface area contributed by atoms with E-state index in [9.17, 15) is 0 Å². The number of hydrogen-bond donors (Lipinski definition) is 1. The van der Waals surface area contributed by atoms with Gasteiger partial charge in [0.15, 0.2) is 5.75 Å². The molecule has 1 aliphatic rings. The van der Waals surface area contributed by atoms with Gasteiger partial charge in [-0.05, 0) is 24.9 Å². The maximum absolute atomic E-state index is 5.53. The first-order valence-corrected chi connectivity index (χ1v) is 7.57. The van der Waals surface area contributed by atoms with Gasteiger partial charge in [0.1, 0.15) is 0 Å². The summed E-state index contributed by atoms with van der Waals surface area (Å²) in [5.41, 5.74) is 2.71. The molecule has 1 unspecified atom stereocenters. The molecule has 0 saturated heterocycles.